The molecule has 2 aromatic rings. The third-order valence-corrected chi connectivity index (χ3v) is 3.75. The molecule has 142 valence electrons. The maximum Gasteiger partial charge on any atom is 0.226 e. The zero-order chi connectivity index (χ0) is 18.6. The van der Waals surface area contributed by atoms with Crippen LogP contribution in [0.3, 0.4) is 0 Å². The van der Waals surface area contributed by atoms with E-state index in [4.69, 9.17) is 9.15 Å². The molecular formula is C19H27FN4O2. The first kappa shape index (κ1) is 19.9. The maximum absolute atomic E-state index is 13.0. The van der Waals surface area contributed by atoms with E-state index in [1.54, 1.807) is 25.4 Å². The summed E-state index contributed by atoms with van der Waals surface area (Å²) in [6, 6.07) is 6.09. The highest BCUT2D eigenvalue weighted by Crippen LogP contribution is 2.18. The molecule has 0 aliphatic rings. The van der Waals surface area contributed by atoms with Gasteiger partial charge >= 0.3 is 0 Å². The van der Waals surface area contributed by atoms with Crippen LogP contribution in [0.2, 0.25) is 0 Å². The summed E-state index contributed by atoms with van der Waals surface area (Å²) in [5.74, 6) is 0.988. The Bertz CT molecular complexity index is 670. The van der Waals surface area contributed by atoms with Crippen LogP contribution in [0.15, 0.2) is 39.9 Å². The van der Waals surface area contributed by atoms with E-state index < -0.39 is 0 Å². The minimum absolute atomic E-state index is 0.276. The van der Waals surface area contributed by atoms with Crippen LogP contribution in [0.25, 0.3) is 11.5 Å². The molecule has 1 aromatic heterocycles. The van der Waals surface area contributed by atoms with Gasteiger partial charge in [-0.3, -0.25) is 4.99 Å². The molecule has 0 aliphatic carbocycles. The summed E-state index contributed by atoms with van der Waals surface area (Å²) < 4.78 is 23.7. The van der Waals surface area contributed by atoms with Crippen molar-refractivity contribution >= 4 is 5.96 Å². The molecule has 0 radical (unpaired) electrons. The van der Waals surface area contributed by atoms with E-state index in [0.717, 1.165) is 49.8 Å². The number of ether oxygens (including phenoxy) is 1. The Hall–Kier alpha value is -2.41. The Kier molecular flexibility index (Phi) is 8.62. The summed E-state index contributed by atoms with van der Waals surface area (Å²) in [5.41, 5.74) is 1.60. The van der Waals surface area contributed by atoms with Gasteiger partial charge in [-0.15, -0.1) is 0 Å². The lowest BCUT2D eigenvalue weighted by Gasteiger charge is -2.11. The molecule has 0 spiro atoms. The lowest BCUT2D eigenvalue weighted by molar-refractivity contribution is 0.143. The fourth-order valence-corrected chi connectivity index (χ4v) is 2.36. The number of nitrogens with one attached hydrogen (secondary N) is 2. The molecule has 0 unspecified atom stereocenters. The Morgan fingerprint density at radius 3 is 2.69 bits per heavy atom. The second kappa shape index (κ2) is 11.3. The highest BCUT2D eigenvalue weighted by Gasteiger charge is 2.07. The predicted molar refractivity (Wildman–Crippen MR) is 101 cm³/mol. The first-order valence-corrected chi connectivity index (χ1v) is 8.95. The van der Waals surface area contributed by atoms with Crippen LogP contribution in [0.1, 0.15) is 25.5 Å². The van der Waals surface area contributed by atoms with Crippen molar-refractivity contribution in [3.05, 3.63) is 42.0 Å². The summed E-state index contributed by atoms with van der Waals surface area (Å²) in [7, 11) is 1.75. The van der Waals surface area contributed by atoms with Crippen LogP contribution in [0, 0.1) is 5.82 Å². The van der Waals surface area contributed by atoms with E-state index in [2.05, 4.69) is 20.6 Å². The number of aromatic nitrogens is 1. The molecule has 26 heavy (non-hydrogen) atoms. The summed E-state index contributed by atoms with van der Waals surface area (Å²) in [4.78, 5) is 8.63. The molecule has 0 bridgehead atoms. The third kappa shape index (κ3) is 6.84. The minimum atomic E-state index is -0.276. The Morgan fingerprint density at radius 2 is 1.96 bits per heavy atom. The number of hydrogen-bond donors (Lipinski definition) is 2. The molecule has 1 aromatic carbocycles. The number of benzene rings is 1. The van der Waals surface area contributed by atoms with Crippen molar-refractivity contribution in [1.82, 2.24) is 15.6 Å². The lowest BCUT2D eigenvalue weighted by Crippen LogP contribution is -2.38. The number of oxazole rings is 1. The van der Waals surface area contributed by atoms with Crippen molar-refractivity contribution in [2.45, 2.75) is 26.2 Å². The number of hydrogen-bond acceptors (Lipinski definition) is 4. The highest BCUT2D eigenvalue weighted by molar-refractivity contribution is 5.79. The van der Waals surface area contributed by atoms with E-state index >= 15 is 0 Å². The molecule has 2 N–H and O–H groups in total. The van der Waals surface area contributed by atoms with Gasteiger partial charge in [-0.1, -0.05) is 0 Å². The fraction of sp³-hybridized carbons (Fsp3) is 0.474. The number of nitrogens with zero attached hydrogens (tertiary/aromatic N) is 2. The Labute approximate surface area is 153 Å². The van der Waals surface area contributed by atoms with E-state index in [1.807, 2.05) is 6.92 Å². The smallest absolute Gasteiger partial charge is 0.226 e. The first-order chi connectivity index (χ1) is 12.7. The molecule has 1 heterocycles. The molecule has 2 rings (SSSR count). The van der Waals surface area contributed by atoms with Gasteiger partial charge in [0.15, 0.2) is 5.96 Å². The van der Waals surface area contributed by atoms with Crippen LogP contribution in [-0.2, 0) is 11.2 Å². The lowest BCUT2D eigenvalue weighted by atomic mass is 10.2. The van der Waals surface area contributed by atoms with Crippen molar-refractivity contribution in [2.75, 3.05) is 33.4 Å². The van der Waals surface area contributed by atoms with Crippen molar-refractivity contribution in [2.24, 2.45) is 4.99 Å². The SMILES string of the molecule is CCOCCCCNC(=NC)NCCc1coc(-c2ccc(F)cc2)n1. The van der Waals surface area contributed by atoms with Gasteiger partial charge in [0.2, 0.25) is 5.89 Å². The molecule has 0 amide bonds. The van der Waals surface area contributed by atoms with Crippen LogP contribution in [-0.4, -0.2) is 44.3 Å². The number of unbranched alkanes of at least 4 members (excludes halogenated alkanes) is 1. The molecule has 6 nitrogen and oxygen atoms in total. The average Bonchev–Trinajstić information content (AvgIpc) is 3.12. The third-order valence-electron chi connectivity index (χ3n) is 3.75. The minimum Gasteiger partial charge on any atom is -0.444 e. The zero-order valence-electron chi connectivity index (χ0n) is 15.4. The van der Waals surface area contributed by atoms with Crippen LogP contribution < -0.4 is 10.6 Å². The largest absolute Gasteiger partial charge is 0.444 e. The van der Waals surface area contributed by atoms with E-state index in [0.29, 0.717) is 18.9 Å². The number of halogens is 1. The molecule has 0 aliphatic heterocycles. The van der Waals surface area contributed by atoms with Crippen molar-refractivity contribution < 1.29 is 13.5 Å². The predicted octanol–water partition coefficient (Wildman–Crippen LogP) is 3.00. The van der Waals surface area contributed by atoms with Crippen LogP contribution in [0.5, 0.6) is 0 Å². The first-order valence-electron chi connectivity index (χ1n) is 8.95. The van der Waals surface area contributed by atoms with Gasteiger partial charge in [-0.25, -0.2) is 9.37 Å². The number of rotatable bonds is 10. The number of aliphatic imine (C=N–C) groups is 1. The van der Waals surface area contributed by atoms with Gasteiger partial charge in [0.1, 0.15) is 12.1 Å². The quantitative estimate of drug-likeness (QED) is 0.386. The Morgan fingerprint density at radius 1 is 1.19 bits per heavy atom. The van der Waals surface area contributed by atoms with E-state index in [1.165, 1.54) is 12.1 Å². The van der Waals surface area contributed by atoms with Gasteiger partial charge in [-0.2, -0.15) is 0 Å². The summed E-state index contributed by atoms with van der Waals surface area (Å²) in [6.07, 6.45) is 4.40. The second-order valence-electron chi connectivity index (χ2n) is 5.73. The highest BCUT2D eigenvalue weighted by atomic mass is 19.1. The Balaban J connectivity index is 1.69. The van der Waals surface area contributed by atoms with Crippen molar-refractivity contribution in [3.8, 4) is 11.5 Å². The van der Waals surface area contributed by atoms with Crippen molar-refractivity contribution in [3.63, 3.8) is 0 Å². The van der Waals surface area contributed by atoms with Crippen molar-refractivity contribution in [1.29, 1.82) is 0 Å². The van der Waals surface area contributed by atoms with Gasteiger partial charge in [0.25, 0.3) is 0 Å². The zero-order valence-corrected chi connectivity index (χ0v) is 15.4. The standard InChI is InChI=1S/C19H27FN4O2/c1-3-25-13-5-4-11-22-19(21-2)23-12-10-17-14-26-18(24-17)15-6-8-16(20)9-7-15/h6-9,14H,3-5,10-13H2,1-2H3,(H2,21,22,23). The van der Waals surface area contributed by atoms with Gasteiger partial charge in [0.05, 0.1) is 5.69 Å². The monoisotopic (exact) mass is 362 g/mol. The molecule has 0 saturated heterocycles. The molecule has 0 fully saturated rings. The molecule has 0 saturated carbocycles. The second-order valence-corrected chi connectivity index (χ2v) is 5.73. The molecular weight excluding hydrogens is 335 g/mol. The van der Waals surface area contributed by atoms with Gasteiger partial charge in [-0.05, 0) is 44.0 Å². The van der Waals surface area contributed by atoms with Crippen LogP contribution >= 0.6 is 0 Å². The van der Waals surface area contributed by atoms with Gasteiger partial charge < -0.3 is 19.8 Å². The fourth-order valence-electron chi connectivity index (χ4n) is 2.36. The number of guanidine groups is 1. The van der Waals surface area contributed by atoms with E-state index in [9.17, 15) is 4.39 Å². The topological polar surface area (TPSA) is 71.7 Å². The normalized spacial score (nSPS) is 11.6. The van der Waals surface area contributed by atoms with Crippen LogP contribution in [0.4, 0.5) is 4.39 Å². The van der Waals surface area contributed by atoms with E-state index in [-0.39, 0.29) is 5.82 Å². The van der Waals surface area contributed by atoms with Gasteiger partial charge in [0, 0.05) is 45.3 Å². The molecule has 0 atom stereocenters. The molecule has 7 heteroatoms. The maximum atomic E-state index is 13.0. The summed E-state index contributed by atoms with van der Waals surface area (Å²) in [6.45, 7) is 5.11. The summed E-state index contributed by atoms with van der Waals surface area (Å²) >= 11 is 0. The average molecular weight is 362 g/mol. The summed E-state index contributed by atoms with van der Waals surface area (Å²) in [5, 5.41) is 6.53.